The highest BCUT2D eigenvalue weighted by Crippen LogP contribution is 2.29. The Balaban J connectivity index is 1.72. The zero-order valence-corrected chi connectivity index (χ0v) is 15.0. The fraction of sp³-hybridized carbons (Fsp3) is 0.529. The van der Waals surface area contributed by atoms with Gasteiger partial charge in [-0.05, 0) is 63.0 Å². The van der Waals surface area contributed by atoms with Crippen molar-refractivity contribution in [1.29, 1.82) is 0 Å². The Kier molecular flexibility index (Phi) is 4.83. The quantitative estimate of drug-likeness (QED) is 0.712. The molecule has 0 radical (unpaired) electrons. The Bertz CT molecular complexity index is 764. The highest BCUT2D eigenvalue weighted by atomic mass is 32.2. The molecular weight excluding hydrogens is 342 g/mol. The van der Waals surface area contributed by atoms with Gasteiger partial charge in [-0.3, -0.25) is 9.59 Å². The molecule has 3 N–H and O–H groups in total. The summed E-state index contributed by atoms with van der Waals surface area (Å²) in [5.41, 5.74) is 0.999. The summed E-state index contributed by atoms with van der Waals surface area (Å²) in [5.74, 6) is -0.641. The maximum absolute atomic E-state index is 12.7. The number of carbonyl (C=O) groups is 2. The largest absolute Gasteiger partial charge is 0.349 e. The van der Waals surface area contributed by atoms with Crippen molar-refractivity contribution in [1.82, 2.24) is 10.6 Å². The second-order valence-corrected chi connectivity index (χ2v) is 9.12. The van der Waals surface area contributed by atoms with Crippen molar-refractivity contribution in [3.8, 4) is 0 Å². The Morgan fingerprint density at radius 1 is 1.12 bits per heavy atom. The molecule has 0 spiro atoms. The van der Waals surface area contributed by atoms with Crippen molar-refractivity contribution in [3.63, 3.8) is 0 Å². The number of piperidine rings is 1. The van der Waals surface area contributed by atoms with E-state index in [0.717, 1.165) is 19.1 Å². The van der Waals surface area contributed by atoms with Gasteiger partial charge < -0.3 is 16.0 Å². The Hall–Kier alpha value is -1.93. The molecule has 2 aliphatic rings. The van der Waals surface area contributed by atoms with Crippen LogP contribution in [-0.4, -0.2) is 50.4 Å². The van der Waals surface area contributed by atoms with Crippen LogP contribution in [0.5, 0.6) is 0 Å². The molecule has 1 aromatic rings. The fourth-order valence-corrected chi connectivity index (χ4v) is 4.38. The summed E-state index contributed by atoms with van der Waals surface area (Å²) in [6.45, 7) is 0.974. The SMILES string of the molecule is CS(=O)(=O)C1(C(=O)Nc2ccc(C(=O)NC3CC3)cc2)CCNCC1. The van der Waals surface area contributed by atoms with Crippen LogP contribution in [0.15, 0.2) is 24.3 Å². The van der Waals surface area contributed by atoms with E-state index < -0.39 is 20.5 Å². The Morgan fingerprint density at radius 3 is 2.24 bits per heavy atom. The molecule has 136 valence electrons. The molecule has 1 aliphatic carbocycles. The number of nitrogens with one attached hydrogen (secondary N) is 3. The molecule has 8 heteroatoms. The number of benzene rings is 1. The molecule has 2 fully saturated rings. The first-order valence-electron chi connectivity index (χ1n) is 8.44. The molecular formula is C17H23N3O4S. The predicted octanol–water partition coefficient (Wildman–Crippen LogP) is 0.684. The molecule has 7 nitrogen and oxygen atoms in total. The molecule has 0 unspecified atom stereocenters. The lowest BCUT2D eigenvalue weighted by Crippen LogP contribution is -2.55. The summed E-state index contributed by atoms with van der Waals surface area (Å²) in [7, 11) is -3.55. The summed E-state index contributed by atoms with van der Waals surface area (Å²) < 4.78 is 23.1. The van der Waals surface area contributed by atoms with Crippen molar-refractivity contribution in [3.05, 3.63) is 29.8 Å². The lowest BCUT2D eigenvalue weighted by molar-refractivity contribution is -0.119. The van der Waals surface area contributed by atoms with Gasteiger partial charge in [0, 0.05) is 23.5 Å². The van der Waals surface area contributed by atoms with Gasteiger partial charge >= 0.3 is 0 Å². The zero-order valence-electron chi connectivity index (χ0n) is 14.2. The van der Waals surface area contributed by atoms with Crippen molar-refractivity contribution in [2.24, 2.45) is 0 Å². The van der Waals surface area contributed by atoms with E-state index in [4.69, 9.17) is 0 Å². The molecule has 25 heavy (non-hydrogen) atoms. The van der Waals surface area contributed by atoms with Crippen LogP contribution in [0.2, 0.25) is 0 Å². The summed E-state index contributed by atoms with van der Waals surface area (Å²) in [6, 6.07) is 6.78. The molecule has 3 rings (SSSR count). The number of amides is 2. The van der Waals surface area contributed by atoms with Crippen molar-refractivity contribution in [2.45, 2.75) is 36.5 Å². The van der Waals surface area contributed by atoms with Crippen molar-refractivity contribution in [2.75, 3.05) is 24.7 Å². The number of hydrogen-bond donors (Lipinski definition) is 3. The molecule has 1 saturated carbocycles. The van der Waals surface area contributed by atoms with E-state index >= 15 is 0 Å². The lowest BCUT2D eigenvalue weighted by Gasteiger charge is -2.34. The minimum Gasteiger partial charge on any atom is -0.349 e. The smallest absolute Gasteiger partial charge is 0.251 e. The van der Waals surface area contributed by atoms with Gasteiger partial charge in [0.05, 0.1) is 0 Å². The van der Waals surface area contributed by atoms with E-state index in [1.54, 1.807) is 24.3 Å². The second-order valence-electron chi connectivity index (χ2n) is 6.80. The first-order chi connectivity index (χ1) is 11.8. The number of carbonyl (C=O) groups excluding carboxylic acids is 2. The van der Waals surface area contributed by atoms with E-state index in [2.05, 4.69) is 16.0 Å². The maximum Gasteiger partial charge on any atom is 0.251 e. The summed E-state index contributed by atoms with van der Waals surface area (Å²) in [4.78, 5) is 24.7. The molecule has 1 heterocycles. The minimum absolute atomic E-state index is 0.133. The molecule has 0 bridgehead atoms. The monoisotopic (exact) mass is 365 g/mol. The summed E-state index contributed by atoms with van der Waals surface area (Å²) in [5, 5.41) is 8.68. The van der Waals surface area contributed by atoms with E-state index in [-0.39, 0.29) is 24.8 Å². The molecule has 1 aliphatic heterocycles. The molecule has 2 amide bonds. The van der Waals surface area contributed by atoms with E-state index in [1.165, 1.54) is 0 Å². The van der Waals surface area contributed by atoms with E-state index in [1.807, 2.05) is 0 Å². The van der Waals surface area contributed by atoms with Crippen molar-refractivity contribution >= 4 is 27.3 Å². The normalized spacial score (nSPS) is 19.9. The van der Waals surface area contributed by atoms with Crippen LogP contribution in [0, 0.1) is 0 Å². The van der Waals surface area contributed by atoms with Gasteiger partial charge in [-0.25, -0.2) is 8.42 Å². The van der Waals surface area contributed by atoms with Crippen LogP contribution in [0.3, 0.4) is 0 Å². The van der Waals surface area contributed by atoms with Crippen LogP contribution < -0.4 is 16.0 Å². The van der Waals surface area contributed by atoms with Gasteiger partial charge in [0.15, 0.2) is 14.6 Å². The first kappa shape index (κ1) is 17.9. The van der Waals surface area contributed by atoms with Crippen LogP contribution in [0.1, 0.15) is 36.0 Å². The van der Waals surface area contributed by atoms with E-state index in [0.29, 0.717) is 24.3 Å². The third-order valence-electron chi connectivity index (χ3n) is 4.85. The summed E-state index contributed by atoms with van der Waals surface area (Å²) >= 11 is 0. The number of hydrogen-bond acceptors (Lipinski definition) is 5. The standard InChI is InChI=1S/C17H23N3O4S/c1-25(23,24)17(8-10-18-11-9-17)16(22)20-14-4-2-12(3-5-14)15(21)19-13-6-7-13/h2-5,13,18H,6-11H2,1H3,(H,19,21)(H,20,22). The van der Waals surface area contributed by atoms with Gasteiger partial charge in [0.1, 0.15) is 0 Å². The number of anilines is 1. The maximum atomic E-state index is 12.7. The zero-order chi connectivity index (χ0) is 18.1. The number of sulfone groups is 1. The average molecular weight is 365 g/mol. The van der Waals surface area contributed by atoms with Gasteiger partial charge in [-0.1, -0.05) is 0 Å². The van der Waals surface area contributed by atoms with Crippen molar-refractivity contribution < 1.29 is 18.0 Å². The van der Waals surface area contributed by atoms with E-state index in [9.17, 15) is 18.0 Å². The third-order valence-corrected chi connectivity index (χ3v) is 6.87. The van der Waals surface area contributed by atoms with Crippen LogP contribution in [0.4, 0.5) is 5.69 Å². The second kappa shape index (κ2) is 6.76. The third kappa shape index (κ3) is 3.85. The van der Waals surface area contributed by atoms with Crippen LogP contribution in [0.25, 0.3) is 0 Å². The topological polar surface area (TPSA) is 104 Å². The first-order valence-corrected chi connectivity index (χ1v) is 10.3. The Labute approximate surface area is 147 Å². The molecule has 0 atom stereocenters. The Morgan fingerprint density at radius 2 is 1.72 bits per heavy atom. The number of rotatable bonds is 5. The molecule has 1 aromatic carbocycles. The predicted molar refractivity (Wildman–Crippen MR) is 95.2 cm³/mol. The van der Waals surface area contributed by atoms with Gasteiger partial charge in [0.25, 0.3) is 5.91 Å². The van der Waals surface area contributed by atoms with Crippen LogP contribution >= 0.6 is 0 Å². The molecule has 1 saturated heterocycles. The fourth-order valence-electron chi connectivity index (χ4n) is 3.04. The highest BCUT2D eigenvalue weighted by Gasteiger charge is 2.48. The van der Waals surface area contributed by atoms with Crippen LogP contribution in [-0.2, 0) is 14.6 Å². The average Bonchev–Trinajstić information content (AvgIpc) is 3.39. The van der Waals surface area contributed by atoms with Gasteiger partial charge in [-0.2, -0.15) is 0 Å². The van der Waals surface area contributed by atoms with Gasteiger partial charge in [-0.15, -0.1) is 0 Å². The highest BCUT2D eigenvalue weighted by molar-refractivity contribution is 7.92. The summed E-state index contributed by atoms with van der Waals surface area (Å²) in [6.07, 6.45) is 3.65. The van der Waals surface area contributed by atoms with Gasteiger partial charge in [0.2, 0.25) is 5.91 Å². The lowest BCUT2D eigenvalue weighted by atomic mass is 9.95. The molecule has 0 aromatic heterocycles. The minimum atomic E-state index is -3.55.